The summed E-state index contributed by atoms with van der Waals surface area (Å²) < 4.78 is 0. The lowest BCUT2D eigenvalue weighted by Crippen LogP contribution is -1.90. The molecule has 0 atom stereocenters. The third kappa shape index (κ3) is 3.75. The molecule has 2 aromatic rings. The highest BCUT2D eigenvalue weighted by molar-refractivity contribution is 6.30. The van der Waals surface area contributed by atoms with Gasteiger partial charge in [-0.25, -0.2) is 0 Å². The topological polar surface area (TPSA) is 35.8 Å². The van der Waals surface area contributed by atoms with Gasteiger partial charge in [0.15, 0.2) is 0 Å². The minimum Gasteiger partial charge on any atom is -0.360 e. The van der Waals surface area contributed by atoms with Gasteiger partial charge in [-0.1, -0.05) is 35.3 Å². The second kappa shape index (κ2) is 6.29. The fraction of sp³-hybridized carbons (Fsp3) is 0. The first-order valence-corrected chi connectivity index (χ1v) is 6.33. The molecule has 0 aromatic heterocycles. The highest BCUT2D eigenvalue weighted by Crippen LogP contribution is 2.18. The number of anilines is 1. The maximum atomic E-state index is 9.16. The van der Waals surface area contributed by atoms with E-state index in [1.54, 1.807) is 42.6 Å². The molecule has 0 saturated heterocycles. The predicted octanol–water partition coefficient (Wildman–Crippen LogP) is 4.97. The predicted molar refractivity (Wildman–Crippen MR) is 80.1 cm³/mol. The summed E-state index contributed by atoms with van der Waals surface area (Å²) in [6.45, 7) is 0. The van der Waals surface area contributed by atoms with Gasteiger partial charge in [-0.15, -0.1) is 0 Å². The Kier molecular flexibility index (Phi) is 4.46. The molecule has 2 rings (SSSR count). The molecule has 94 valence electrons. The summed E-state index contributed by atoms with van der Waals surface area (Å²) in [6, 6.07) is 16.5. The monoisotopic (exact) mass is 288 g/mol. The lowest BCUT2D eigenvalue weighted by atomic mass is 10.1. The van der Waals surface area contributed by atoms with Crippen molar-refractivity contribution in [2.24, 2.45) is 0 Å². The summed E-state index contributed by atoms with van der Waals surface area (Å²) >= 11 is 11.6. The van der Waals surface area contributed by atoms with Crippen LogP contribution in [0.3, 0.4) is 0 Å². The summed E-state index contributed by atoms with van der Waals surface area (Å²) in [5.74, 6) is 0. The second-order valence-electron chi connectivity index (χ2n) is 3.83. The van der Waals surface area contributed by atoms with E-state index in [0.717, 1.165) is 11.3 Å². The Morgan fingerprint density at radius 3 is 2.00 bits per heavy atom. The third-order valence-corrected chi connectivity index (χ3v) is 3.01. The average Bonchev–Trinajstić information content (AvgIpc) is 2.43. The van der Waals surface area contributed by atoms with Crippen LogP contribution in [0.15, 0.2) is 54.7 Å². The summed E-state index contributed by atoms with van der Waals surface area (Å²) in [6.07, 6.45) is 1.66. The third-order valence-electron chi connectivity index (χ3n) is 2.50. The molecule has 0 spiro atoms. The van der Waals surface area contributed by atoms with Gasteiger partial charge in [-0.05, 0) is 42.0 Å². The first-order valence-electron chi connectivity index (χ1n) is 5.57. The minimum absolute atomic E-state index is 0.534. The number of hydrogen-bond donors (Lipinski definition) is 1. The number of allylic oxidation sites excluding steroid dienone is 1. The van der Waals surface area contributed by atoms with Crippen LogP contribution in [0.5, 0.6) is 0 Å². The lowest BCUT2D eigenvalue weighted by Gasteiger charge is -2.03. The molecule has 19 heavy (non-hydrogen) atoms. The Labute approximate surface area is 121 Å². The van der Waals surface area contributed by atoms with Gasteiger partial charge >= 0.3 is 0 Å². The highest BCUT2D eigenvalue weighted by atomic mass is 35.5. The number of rotatable bonds is 3. The number of hydrogen-bond acceptors (Lipinski definition) is 2. The van der Waals surface area contributed by atoms with Crippen LogP contribution in [-0.2, 0) is 0 Å². The van der Waals surface area contributed by atoms with Crippen molar-refractivity contribution < 1.29 is 0 Å². The van der Waals surface area contributed by atoms with Gasteiger partial charge in [0.2, 0.25) is 0 Å². The Morgan fingerprint density at radius 1 is 0.947 bits per heavy atom. The maximum Gasteiger partial charge on any atom is 0.101 e. The van der Waals surface area contributed by atoms with E-state index in [1.807, 2.05) is 12.1 Å². The van der Waals surface area contributed by atoms with Crippen molar-refractivity contribution in [2.75, 3.05) is 5.32 Å². The molecule has 0 saturated carbocycles. The fourth-order valence-corrected chi connectivity index (χ4v) is 1.76. The first kappa shape index (κ1) is 13.5. The Hall–Kier alpha value is -1.95. The molecule has 0 radical (unpaired) electrons. The normalized spacial score (nSPS) is 10.9. The Morgan fingerprint density at radius 2 is 1.47 bits per heavy atom. The number of halogens is 2. The summed E-state index contributed by atoms with van der Waals surface area (Å²) in [7, 11) is 0. The minimum atomic E-state index is 0.534. The van der Waals surface area contributed by atoms with Crippen LogP contribution in [-0.4, -0.2) is 0 Å². The molecular formula is C15H10Cl2N2. The van der Waals surface area contributed by atoms with E-state index >= 15 is 0 Å². The molecule has 0 heterocycles. The van der Waals surface area contributed by atoms with Crippen molar-refractivity contribution in [1.82, 2.24) is 0 Å². The fourth-order valence-electron chi connectivity index (χ4n) is 1.51. The average molecular weight is 289 g/mol. The van der Waals surface area contributed by atoms with Crippen molar-refractivity contribution in [2.45, 2.75) is 0 Å². The molecule has 0 amide bonds. The van der Waals surface area contributed by atoms with Crippen LogP contribution in [0.25, 0.3) is 5.57 Å². The second-order valence-corrected chi connectivity index (χ2v) is 4.70. The molecule has 0 bridgehead atoms. The number of nitriles is 1. The maximum absolute atomic E-state index is 9.16. The van der Waals surface area contributed by atoms with Crippen LogP contribution >= 0.6 is 23.2 Å². The molecular weight excluding hydrogens is 279 g/mol. The van der Waals surface area contributed by atoms with E-state index in [1.165, 1.54) is 0 Å². The van der Waals surface area contributed by atoms with Gasteiger partial charge in [0.1, 0.15) is 6.07 Å². The molecule has 4 heteroatoms. The molecule has 0 aliphatic carbocycles. The molecule has 1 N–H and O–H groups in total. The van der Waals surface area contributed by atoms with Crippen LogP contribution in [0, 0.1) is 11.3 Å². The summed E-state index contributed by atoms with van der Waals surface area (Å²) in [5, 5.41) is 13.5. The highest BCUT2D eigenvalue weighted by Gasteiger charge is 2.00. The molecule has 0 unspecified atom stereocenters. The van der Waals surface area contributed by atoms with Crippen LogP contribution < -0.4 is 5.32 Å². The quantitative estimate of drug-likeness (QED) is 0.810. The van der Waals surface area contributed by atoms with Crippen LogP contribution in [0.2, 0.25) is 10.0 Å². The van der Waals surface area contributed by atoms with Crippen molar-refractivity contribution in [1.29, 1.82) is 5.26 Å². The van der Waals surface area contributed by atoms with E-state index in [4.69, 9.17) is 28.5 Å². The molecule has 0 fully saturated rings. The van der Waals surface area contributed by atoms with E-state index in [0.29, 0.717) is 15.6 Å². The van der Waals surface area contributed by atoms with Crippen molar-refractivity contribution >= 4 is 34.5 Å². The zero-order valence-corrected chi connectivity index (χ0v) is 11.4. The van der Waals surface area contributed by atoms with Gasteiger partial charge in [0.25, 0.3) is 0 Å². The van der Waals surface area contributed by atoms with E-state index in [2.05, 4.69) is 11.4 Å². The van der Waals surface area contributed by atoms with Crippen LogP contribution in [0.4, 0.5) is 5.69 Å². The van der Waals surface area contributed by atoms with E-state index in [9.17, 15) is 0 Å². The smallest absolute Gasteiger partial charge is 0.101 e. The van der Waals surface area contributed by atoms with Crippen LogP contribution in [0.1, 0.15) is 5.56 Å². The van der Waals surface area contributed by atoms with Gasteiger partial charge < -0.3 is 5.32 Å². The SMILES string of the molecule is N#C/C(=C/Nc1ccc(Cl)cc1)c1ccc(Cl)cc1. The van der Waals surface area contributed by atoms with E-state index in [-0.39, 0.29) is 0 Å². The zero-order valence-electron chi connectivity index (χ0n) is 9.90. The lowest BCUT2D eigenvalue weighted by molar-refractivity contribution is 1.50. The molecule has 0 aliphatic heterocycles. The van der Waals surface area contributed by atoms with Gasteiger partial charge in [0.05, 0.1) is 5.57 Å². The van der Waals surface area contributed by atoms with Crippen molar-refractivity contribution in [3.8, 4) is 6.07 Å². The summed E-state index contributed by atoms with van der Waals surface area (Å²) in [5.41, 5.74) is 2.21. The largest absolute Gasteiger partial charge is 0.360 e. The van der Waals surface area contributed by atoms with E-state index < -0.39 is 0 Å². The Bertz CT molecular complexity index is 623. The summed E-state index contributed by atoms with van der Waals surface area (Å²) in [4.78, 5) is 0. The number of benzene rings is 2. The zero-order chi connectivity index (χ0) is 13.7. The van der Waals surface area contributed by atoms with Crippen molar-refractivity contribution in [3.05, 3.63) is 70.3 Å². The molecule has 0 aliphatic rings. The van der Waals surface area contributed by atoms with Gasteiger partial charge in [0, 0.05) is 21.9 Å². The number of nitrogens with zero attached hydrogens (tertiary/aromatic N) is 1. The van der Waals surface area contributed by atoms with Crippen molar-refractivity contribution in [3.63, 3.8) is 0 Å². The molecule has 2 nitrogen and oxygen atoms in total. The van der Waals surface area contributed by atoms with Gasteiger partial charge in [-0.3, -0.25) is 0 Å². The van der Waals surface area contributed by atoms with Gasteiger partial charge in [-0.2, -0.15) is 5.26 Å². The number of nitrogens with one attached hydrogen (secondary N) is 1. The Balaban J connectivity index is 2.18. The molecule has 2 aromatic carbocycles. The standard InChI is InChI=1S/C15H10Cl2N2/c16-13-3-1-11(2-4-13)12(9-18)10-19-15-7-5-14(17)6-8-15/h1-8,10,19H/b12-10-. The first-order chi connectivity index (χ1) is 9.19.